The predicted molar refractivity (Wildman–Crippen MR) is 109 cm³/mol. The van der Waals surface area contributed by atoms with Crippen molar-refractivity contribution < 1.29 is 14.0 Å². The molecule has 152 valence electrons. The van der Waals surface area contributed by atoms with Crippen LogP contribution in [0.1, 0.15) is 28.5 Å². The van der Waals surface area contributed by atoms with Crippen LogP contribution in [0.2, 0.25) is 0 Å². The summed E-state index contributed by atoms with van der Waals surface area (Å²) in [6.07, 6.45) is -0.129. The highest BCUT2D eigenvalue weighted by Crippen LogP contribution is 2.32. The zero-order valence-corrected chi connectivity index (χ0v) is 17.0. The molecular weight excluding hydrogens is 382 g/mol. The second-order valence-electron chi connectivity index (χ2n) is 7.37. The minimum absolute atomic E-state index is 0.129. The molecule has 5 rings (SSSR count). The summed E-state index contributed by atoms with van der Waals surface area (Å²) in [4.78, 5) is 4.54. The Morgan fingerprint density at radius 3 is 2.83 bits per heavy atom. The number of aryl methyl sites for hydroxylation is 2. The van der Waals surface area contributed by atoms with Crippen LogP contribution in [-0.4, -0.2) is 32.2 Å². The molecule has 30 heavy (non-hydrogen) atoms. The third-order valence-electron chi connectivity index (χ3n) is 5.46. The molecular formula is C22H21N5O3. The fraction of sp³-hybridized carbons (Fsp3) is 0.273. The molecule has 0 saturated heterocycles. The van der Waals surface area contributed by atoms with Gasteiger partial charge < -0.3 is 14.0 Å². The van der Waals surface area contributed by atoms with Gasteiger partial charge in [0.25, 0.3) is 5.89 Å². The van der Waals surface area contributed by atoms with E-state index in [4.69, 9.17) is 14.0 Å². The molecule has 1 aliphatic heterocycles. The third kappa shape index (κ3) is 3.25. The average Bonchev–Trinajstić information content (AvgIpc) is 3.42. The Labute approximate surface area is 173 Å². The Bertz CT molecular complexity index is 1210. The van der Waals surface area contributed by atoms with Gasteiger partial charge in [0.1, 0.15) is 11.9 Å². The molecule has 3 heterocycles. The van der Waals surface area contributed by atoms with Crippen LogP contribution in [0, 0.1) is 13.8 Å². The lowest BCUT2D eigenvalue weighted by Crippen LogP contribution is -2.22. The van der Waals surface area contributed by atoms with Crippen LogP contribution in [0.4, 0.5) is 0 Å². The Hall–Kier alpha value is -3.52. The lowest BCUT2D eigenvalue weighted by Gasteiger charge is -2.24. The minimum atomic E-state index is -0.129. The highest BCUT2D eigenvalue weighted by Gasteiger charge is 2.28. The smallest absolute Gasteiger partial charge is 0.280 e. The first-order valence-electron chi connectivity index (χ1n) is 9.72. The summed E-state index contributed by atoms with van der Waals surface area (Å²) in [6.45, 7) is 5.04. The topological polar surface area (TPSA) is 88.1 Å². The maximum Gasteiger partial charge on any atom is 0.280 e. The molecule has 0 aliphatic carbocycles. The molecule has 0 fully saturated rings. The maximum atomic E-state index is 6.08. The van der Waals surface area contributed by atoms with Crippen molar-refractivity contribution in [2.45, 2.75) is 33.1 Å². The fourth-order valence-electron chi connectivity index (χ4n) is 3.54. The van der Waals surface area contributed by atoms with Gasteiger partial charge >= 0.3 is 0 Å². The summed E-state index contributed by atoms with van der Waals surface area (Å²) in [5, 5.41) is 12.7. The van der Waals surface area contributed by atoms with E-state index in [0.717, 1.165) is 22.6 Å². The van der Waals surface area contributed by atoms with Crippen LogP contribution < -0.4 is 4.74 Å². The first-order valence-corrected chi connectivity index (χ1v) is 9.72. The van der Waals surface area contributed by atoms with E-state index in [0.29, 0.717) is 30.6 Å². The molecule has 0 spiro atoms. The van der Waals surface area contributed by atoms with Crippen LogP contribution in [0.25, 0.3) is 23.0 Å². The van der Waals surface area contributed by atoms with E-state index in [1.807, 2.05) is 47.1 Å². The van der Waals surface area contributed by atoms with Gasteiger partial charge in [-0.1, -0.05) is 34.6 Å². The van der Waals surface area contributed by atoms with Crippen LogP contribution >= 0.6 is 0 Å². The molecule has 0 bridgehead atoms. The van der Waals surface area contributed by atoms with Gasteiger partial charge in [0.2, 0.25) is 5.82 Å². The molecule has 0 N–H and O–H groups in total. The van der Waals surface area contributed by atoms with E-state index in [1.54, 1.807) is 7.11 Å². The van der Waals surface area contributed by atoms with E-state index in [9.17, 15) is 0 Å². The lowest BCUT2D eigenvalue weighted by atomic mass is 10.1. The Morgan fingerprint density at radius 2 is 2.00 bits per heavy atom. The number of hydrogen-bond donors (Lipinski definition) is 0. The summed E-state index contributed by atoms with van der Waals surface area (Å²) < 4.78 is 18.7. The number of rotatable bonds is 4. The summed E-state index contributed by atoms with van der Waals surface area (Å²) in [7, 11) is 1.65. The average molecular weight is 403 g/mol. The third-order valence-corrected chi connectivity index (χ3v) is 5.46. The van der Waals surface area contributed by atoms with Gasteiger partial charge in [-0.15, -0.1) is 5.10 Å². The number of fused-ring (bicyclic) bond motifs is 1. The highest BCUT2D eigenvalue weighted by molar-refractivity contribution is 5.60. The predicted octanol–water partition coefficient (Wildman–Crippen LogP) is 3.89. The molecule has 4 aromatic rings. The van der Waals surface area contributed by atoms with Crippen LogP contribution in [0.3, 0.4) is 0 Å². The quantitative estimate of drug-likeness (QED) is 0.511. The van der Waals surface area contributed by atoms with Crippen molar-refractivity contribution in [2.24, 2.45) is 0 Å². The van der Waals surface area contributed by atoms with E-state index >= 15 is 0 Å². The molecule has 8 nitrogen and oxygen atoms in total. The van der Waals surface area contributed by atoms with Crippen molar-refractivity contribution in [3.63, 3.8) is 0 Å². The van der Waals surface area contributed by atoms with Crippen molar-refractivity contribution in [1.82, 2.24) is 25.1 Å². The normalized spacial score (nSPS) is 15.8. The van der Waals surface area contributed by atoms with Gasteiger partial charge in [0.15, 0.2) is 5.69 Å². The van der Waals surface area contributed by atoms with Crippen molar-refractivity contribution in [3.8, 4) is 28.7 Å². The van der Waals surface area contributed by atoms with Gasteiger partial charge in [-0.25, -0.2) is 4.68 Å². The Kier molecular flexibility index (Phi) is 4.55. The second-order valence-corrected chi connectivity index (χ2v) is 7.37. The SMILES string of the molecule is COc1cccc([C@@H]2Cn3nnc(-c4nc(-c5ccc(C)c(C)c5)no4)c3CO2)c1. The van der Waals surface area contributed by atoms with Crippen molar-refractivity contribution in [2.75, 3.05) is 7.11 Å². The Balaban J connectivity index is 1.41. The molecule has 2 aromatic heterocycles. The fourth-order valence-corrected chi connectivity index (χ4v) is 3.54. The van der Waals surface area contributed by atoms with Gasteiger partial charge in [0.05, 0.1) is 26.0 Å². The van der Waals surface area contributed by atoms with E-state index < -0.39 is 0 Å². The van der Waals surface area contributed by atoms with Crippen molar-refractivity contribution in [1.29, 1.82) is 0 Å². The van der Waals surface area contributed by atoms with Crippen LogP contribution in [0.5, 0.6) is 5.75 Å². The second kappa shape index (κ2) is 7.38. The molecule has 8 heteroatoms. The molecule has 0 radical (unpaired) electrons. The number of nitrogens with zero attached hydrogens (tertiary/aromatic N) is 5. The van der Waals surface area contributed by atoms with Crippen LogP contribution in [-0.2, 0) is 17.9 Å². The number of benzene rings is 2. The standard InChI is InChI=1S/C22H21N5O3/c1-13-7-8-16(9-14(13)2)21-23-22(30-25-21)20-18-12-29-19(11-27(18)26-24-20)15-5-4-6-17(10-15)28-3/h4-10,19H,11-12H2,1-3H3/t19-/m0/s1. The van der Waals surface area contributed by atoms with E-state index in [2.05, 4.69) is 34.3 Å². The van der Waals surface area contributed by atoms with E-state index in [-0.39, 0.29) is 6.10 Å². The van der Waals surface area contributed by atoms with Gasteiger partial charge in [0, 0.05) is 5.56 Å². The molecule has 2 aromatic carbocycles. The molecule has 0 unspecified atom stereocenters. The van der Waals surface area contributed by atoms with Gasteiger partial charge in [-0.3, -0.25) is 0 Å². The first kappa shape index (κ1) is 18.5. The molecule has 1 atom stereocenters. The number of aromatic nitrogens is 5. The van der Waals surface area contributed by atoms with Gasteiger partial charge in [-0.05, 0) is 48.7 Å². The monoisotopic (exact) mass is 403 g/mol. The minimum Gasteiger partial charge on any atom is -0.497 e. The lowest BCUT2D eigenvalue weighted by molar-refractivity contribution is -0.00127. The molecule has 1 aliphatic rings. The number of methoxy groups -OCH3 is 1. The summed E-state index contributed by atoms with van der Waals surface area (Å²) in [5.74, 6) is 1.67. The summed E-state index contributed by atoms with van der Waals surface area (Å²) >= 11 is 0. The maximum absolute atomic E-state index is 6.08. The molecule has 0 saturated carbocycles. The first-order chi connectivity index (χ1) is 14.6. The zero-order valence-electron chi connectivity index (χ0n) is 17.0. The Morgan fingerprint density at radius 1 is 1.10 bits per heavy atom. The highest BCUT2D eigenvalue weighted by atomic mass is 16.5. The number of hydrogen-bond acceptors (Lipinski definition) is 7. The van der Waals surface area contributed by atoms with Crippen LogP contribution in [0.15, 0.2) is 47.0 Å². The summed E-state index contributed by atoms with van der Waals surface area (Å²) in [5.41, 5.74) is 5.72. The van der Waals surface area contributed by atoms with Crippen molar-refractivity contribution in [3.05, 3.63) is 64.8 Å². The summed E-state index contributed by atoms with van der Waals surface area (Å²) in [6, 6.07) is 13.9. The van der Waals surface area contributed by atoms with Crippen molar-refractivity contribution >= 4 is 0 Å². The largest absolute Gasteiger partial charge is 0.497 e. The molecule has 0 amide bonds. The number of ether oxygens (including phenoxy) is 2. The van der Waals surface area contributed by atoms with Gasteiger partial charge in [-0.2, -0.15) is 4.98 Å². The zero-order chi connectivity index (χ0) is 20.7. The van der Waals surface area contributed by atoms with E-state index in [1.165, 1.54) is 11.1 Å².